The summed E-state index contributed by atoms with van der Waals surface area (Å²) < 4.78 is 0. The summed E-state index contributed by atoms with van der Waals surface area (Å²) >= 11 is 0. The van der Waals surface area contributed by atoms with Crippen LogP contribution in [0.15, 0.2) is 0 Å². The normalized spacial score (nSPS) is 7.14. The zero-order valence-electron chi connectivity index (χ0n) is 10.8. The molecule has 0 aliphatic carbocycles. The van der Waals surface area contributed by atoms with E-state index in [1.54, 1.807) is 0 Å². The highest BCUT2D eigenvalue weighted by Crippen LogP contribution is 1.71. The number of hydrogen-bond acceptors (Lipinski definition) is 10. The van der Waals surface area contributed by atoms with Gasteiger partial charge in [-0.25, -0.2) is 0 Å². The molecule has 0 amide bonds. The molecule has 0 aliphatic rings. The summed E-state index contributed by atoms with van der Waals surface area (Å²) in [4.78, 5) is 34.1. The van der Waals surface area contributed by atoms with E-state index in [1.165, 1.54) is 0 Å². The van der Waals surface area contributed by atoms with Crippen LogP contribution in [0.25, 0.3) is 0 Å². The van der Waals surface area contributed by atoms with Crippen molar-refractivity contribution in [1.29, 1.82) is 0 Å². The number of aliphatic hydroxyl groups excluding tert-OH is 3. The van der Waals surface area contributed by atoms with Crippen molar-refractivity contribution >= 4 is 5.97 Å². The molecule has 0 aliphatic heterocycles. The molecule has 17 nitrogen and oxygen atoms in total. The lowest BCUT2D eigenvalue weighted by molar-refractivity contribution is -0.742. The predicted octanol–water partition coefficient (Wildman–Crippen LogP) is -2.62. The number of hydrogen-bond donors (Lipinski definition) is 7. The minimum Gasteiger partial charge on any atom is -0.481 e. The smallest absolute Gasteiger partial charge is 0.300 e. The molecule has 0 saturated heterocycles. The lowest BCUT2D eigenvalue weighted by Gasteiger charge is -1.96. The molecule has 0 bridgehead atoms. The molecule has 7 N–H and O–H groups in total. The minimum absolute atomic E-state index is 0.365. The molecule has 17 heteroatoms. The van der Waals surface area contributed by atoms with Gasteiger partial charge >= 0.3 is 0 Å². The first-order valence-corrected chi connectivity index (χ1v) is 4.33. The zero-order chi connectivity index (χ0) is 19.3. The van der Waals surface area contributed by atoms with Gasteiger partial charge in [0.1, 0.15) is 6.10 Å². The van der Waals surface area contributed by atoms with Crippen LogP contribution in [0.3, 0.4) is 0 Å². The maximum Gasteiger partial charge on any atom is 0.300 e. The lowest BCUT2D eigenvalue weighted by Crippen LogP contribution is -2.15. The Morgan fingerprint density at radius 2 is 1.00 bits per heavy atom. The molecular weight excluding hydrogens is 326 g/mol. The van der Waals surface area contributed by atoms with Crippen molar-refractivity contribution in [1.82, 2.24) is 0 Å². The number of aliphatic hydroxyl groups is 3. The third kappa shape index (κ3) is 4780. The van der Waals surface area contributed by atoms with Crippen LogP contribution >= 0.6 is 0 Å². The fourth-order valence-corrected chi connectivity index (χ4v) is 0.0577. The summed E-state index contributed by atoms with van der Waals surface area (Å²) in [5.74, 6) is -0.833. The Hall–Kier alpha value is -3.05. The van der Waals surface area contributed by atoms with Gasteiger partial charge in [-0.1, -0.05) is 0 Å². The number of carbonyl (C=O) groups is 1. The van der Waals surface area contributed by atoms with E-state index in [-0.39, 0.29) is 13.2 Å². The van der Waals surface area contributed by atoms with Gasteiger partial charge in [0.05, 0.1) is 13.2 Å². The lowest BCUT2D eigenvalue weighted by atomic mass is 10.4. The molecule has 0 radical (unpaired) electrons. The molecule has 134 valence electrons. The highest BCUT2D eigenvalue weighted by Gasteiger charge is 1.93. The molecule has 0 fully saturated rings. The van der Waals surface area contributed by atoms with Crippen LogP contribution in [-0.4, -0.2) is 76.6 Å². The van der Waals surface area contributed by atoms with Gasteiger partial charge in [0, 0.05) is 6.92 Å². The Morgan fingerprint density at radius 3 is 1.00 bits per heavy atom. The van der Waals surface area contributed by atoms with Gasteiger partial charge in [0.2, 0.25) is 0 Å². The second-order valence-corrected chi connectivity index (χ2v) is 2.25. The first-order chi connectivity index (χ1) is 9.74. The van der Waals surface area contributed by atoms with Crippen LogP contribution in [0.1, 0.15) is 6.92 Å². The molecule has 0 heterocycles. The molecule has 0 unspecified atom stereocenters. The molecule has 0 rings (SSSR count). The van der Waals surface area contributed by atoms with E-state index in [4.69, 9.17) is 71.2 Å². The summed E-state index contributed by atoms with van der Waals surface area (Å²) in [7, 11) is 0. The average Bonchev–Trinajstić information content (AvgIpc) is 2.24. The third-order valence-corrected chi connectivity index (χ3v) is 0.421. The summed E-state index contributed by atoms with van der Waals surface area (Å²) in [5, 5.41) is 72.3. The van der Waals surface area contributed by atoms with Crippen molar-refractivity contribution in [2.45, 2.75) is 13.0 Å². The third-order valence-electron chi connectivity index (χ3n) is 0.421. The number of carboxylic acids is 1. The molecule has 0 aromatic heterocycles. The topological polar surface area (TPSA) is 288 Å². The van der Waals surface area contributed by atoms with Crippen LogP contribution in [0.5, 0.6) is 0 Å². The van der Waals surface area contributed by atoms with Crippen molar-refractivity contribution < 1.29 is 56.1 Å². The van der Waals surface area contributed by atoms with E-state index < -0.39 is 27.3 Å². The van der Waals surface area contributed by atoms with E-state index in [0.717, 1.165) is 6.92 Å². The van der Waals surface area contributed by atoms with E-state index in [9.17, 15) is 0 Å². The van der Waals surface area contributed by atoms with Crippen LogP contribution < -0.4 is 0 Å². The van der Waals surface area contributed by atoms with Crippen LogP contribution in [0.4, 0.5) is 0 Å². The van der Waals surface area contributed by atoms with Crippen LogP contribution in [-0.2, 0) is 4.79 Å². The van der Waals surface area contributed by atoms with Gasteiger partial charge in [-0.15, -0.1) is 30.3 Å². The predicted molar refractivity (Wildman–Crippen MR) is 59.8 cm³/mol. The first-order valence-electron chi connectivity index (χ1n) is 4.33. The average molecular weight is 341 g/mol. The van der Waals surface area contributed by atoms with Gasteiger partial charge < -0.3 is 36.0 Å². The van der Waals surface area contributed by atoms with Crippen molar-refractivity contribution in [3.63, 3.8) is 0 Å². The summed E-state index contributed by atoms with van der Waals surface area (Å²) in [6, 6.07) is 0. The molecule has 22 heavy (non-hydrogen) atoms. The van der Waals surface area contributed by atoms with Crippen molar-refractivity contribution in [2.75, 3.05) is 13.2 Å². The van der Waals surface area contributed by atoms with Gasteiger partial charge in [0.15, 0.2) is 0 Å². The van der Waals surface area contributed by atoms with Gasteiger partial charge in [-0.2, -0.15) is 0 Å². The van der Waals surface area contributed by atoms with Gasteiger partial charge in [0.25, 0.3) is 21.2 Å². The van der Waals surface area contributed by atoms with Gasteiger partial charge in [-0.3, -0.25) is 4.79 Å². The second kappa shape index (κ2) is 26.5. The first kappa shape index (κ1) is 31.4. The van der Waals surface area contributed by atoms with Crippen molar-refractivity contribution in [3.05, 3.63) is 30.3 Å². The fourth-order valence-electron chi connectivity index (χ4n) is 0.0577. The number of rotatable bonds is 2. The Balaban J connectivity index is -0.0000000555. The highest BCUT2D eigenvalue weighted by atomic mass is 16.9. The van der Waals surface area contributed by atoms with E-state index >= 15 is 0 Å². The largest absolute Gasteiger partial charge is 0.481 e. The van der Waals surface area contributed by atoms with Gasteiger partial charge in [-0.05, 0) is 0 Å². The molecule has 0 atom stereocenters. The quantitative estimate of drug-likeness (QED) is 0.200. The number of aliphatic carboxylic acids is 1. The van der Waals surface area contributed by atoms with E-state index in [0.29, 0.717) is 0 Å². The standard InChI is InChI=1S/C3H8O3.C2H4O2.3HNO3/c4-1-3(6)2-5;1-2(3)4;3*2-1(3)4/h3-6H,1-2H2;1H3,(H,3,4);3*(H,2,3,4). The zero-order valence-corrected chi connectivity index (χ0v) is 10.8. The summed E-state index contributed by atoms with van der Waals surface area (Å²) in [5.41, 5.74) is 0. The van der Waals surface area contributed by atoms with E-state index in [1.807, 2.05) is 0 Å². The number of carboxylic acid groups (broad SMARTS) is 1. The maximum absolute atomic E-state index is 9.00. The van der Waals surface area contributed by atoms with Crippen molar-refractivity contribution in [3.8, 4) is 0 Å². The molecule has 0 aromatic carbocycles. The summed E-state index contributed by atoms with van der Waals surface area (Å²) in [6.45, 7) is 0.354. The molecule has 0 spiro atoms. The number of nitrogens with zero attached hydrogens (tertiary/aromatic N) is 3. The SMILES string of the molecule is CC(=O)O.O=[N+]([O-])O.O=[N+]([O-])O.O=[N+]([O-])O.OCC(O)CO. The van der Waals surface area contributed by atoms with Crippen molar-refractivity contribution in [2.24, 2.45) is 0 Å². The molecular formula is C5H15N3O14. The van der Waals surface area contributed by atoms with Crippen LogP contribution in [0, 0.1) is 30.3 Å². The molecule has 0 aromatic rings. The Bertz CT molecular complexity index is 226. The van der Waals surface area contributed by atoms with Crippen LogP contribution in [0.2, 0.25) is 0 Å². The Labute approximate surface area is 120 Å². The Morgan fingerprint density at radius 1 is 0.909 bits per heavy atom. The summed E-state index contributed by atoms with van der Waals surface area (Å²) in [6.07, 6.45) is -0.954. The van der Waals surface area contributed by atoms with E-state index in [2.05, 4.69) is 0 Å². The molecule has 0 saturated carbocycles. The monoisotopic (exact) mass is 341 g/mol. The fraction of sp³-hybridized carbons (Fsp3) is 0.800. The maximum atomic E-state index is 9.00. The highest BCUT2D eigenvalue weighted by molar-refractivity contribution is 5.62. The Kier molecular flexibility index (Phi) is 37.8. The second-order valence-electron chi connectivity index (χ2n) is 2.25. The minimum atomic E-state index is -1.50.